The number of pyridine rings is 1. The van der Waals surface area contributed by atoms with Crippen LogP contribution >= 0.6 is 0 Å². The molecule has 0 fully saturated rings. The van der Waals surface area contributed by atoms with Crippen molar-refractivity contribution in [3.63, 3.8) is 0 Å². The Morgan fingerprint density at radius 2 is 1.75 bits per heavy atom. The lowest BCUT2D eigenvalue weighted by molar-refractivity contribution is -0.384. The second kappa shape index (κ2) is 8.60. The number of carbonyl (C=O) groups is 2. The van der Waals surface area contributed by atoms with E-state index < -0.39 is 23.0 Å². The predicted octanol–water partition coefficient (Wildman–Crippen LogP) is 4.02. The van der Waals surface area contributed by atoms with Crippen molar-refractivity contribution >= 4 is 17.6 Å². The molecule has 2 aromatic rings. The first-order valence-electron chi connectivity index (χ1n) is 8.81. The van der Waals surface area contributed by atoms with E-state index in [-0.39, 0.29) is 29.0 Å². The van der Waals surface area contributed by atoms with Gasteiger partial charge in [0.1, 0.15) is 0 Å². The zero-order valence-corrected chi connectivity index (χ0v) is 16.4. The van der Waals surface area contributed by atoms with E-state index in [0.29, 0.717) is 17.0 Å². The van der Waals surface area contributed by atoms with Crippen molar-refractivity contribution < 1.29 is 24.0 Å². The number of hydrogen-bond acceptors (Lipinski definition) is 7. The fourth-order valence-electron chi connectivity index (χ4n) is 2.89. The fraction of sp³-hybridized carbons (Fsp3) is 0.350. The number of aromatic nitrogens is 1. The molecule has 0 aliphatic heterocycles. The van der Waals surface area contributed by atoms with E-state index in [1.807, 2.05) is 0 Å². The Labute approximate surface area is 162 Å². The molecule has 2 rings (SSSR count). The van der Waals surface area contributed by atoms with Crippen LogP contribution < -0.4 is 0 Å². The summed E-state index contributed by atoms with van der Waals surface area (Å²) in [6.07, 6.45) is -0.391. The summed E-state index contributed by atoms with van der Waals surface area (Å²) >= 11 is 0. The molecule has 1 heterocycles. The zero-order valence-electron chi connectivity index (χ0n) is 16.4. The molecule has 0 aliphatic carbocycles. The number of rotatable bonds is 6. The SMILES string of the molecule is CCOC(=O)c1c(C)nc(C)c(C(=O)OC(C)C)c1-c1cccc([N+](=O)[O-])c1. The number of carbonyl (C=O) groups excluding carboxylic acids is 2. The average Bonchev–Trinajstić information content (AvgIpc) is 2.60. The number of esters is 2. The maximum Gasteiger partial charge on any atom is 0.340 e. The Bertz CT molecular complexity index is 937. The van der Waals surface area contributed by atoms with Gasteiger partial charge in [-0.15, -0.1) is 0 Å². The van der Waals surface area contributed by atoms with Gasteiger partial charge in [-0.25, -0.2) is 9.59 Å². The van der Waals surface area contributed by atoms with Crippen molar-refractivity contribution in [1.82, 2.24) is 4.98 Å². The molecule has 148 valence electrons. The highest BCUT2D eigenvalue weighted by Gasteiger charge is 2.28. The normalized spacial score (nSPS) is 10.6. The summed E-state index contributed by atoms with van der Waals surface area (Å²) in [6.45, 7) is 8.45. The molecular formula is C20H22N2O6. The van der Waals surface area contributed by atoms with Gasteiger partial charge in [0.15, 0.2) is 0 Å². The summed E-state index contributed by atoms with van der Waals surface area (Å²) in [5.74, 6) is -1.32. The lowest BCUT2D eigenvalue weighted by atomic mass is 9.92. The van der Waals surface area contributed by atoms with E-state index >= 15 is 0 Å². The van der Waals surface area contributed by atoms with E-state index in [1.54, 1.807) is 40.7 Å². The minimum atomic E-state index is -0.660. The second-order valence-electron chi connectivity index (χ2n) is 6.39. The molecular weight excluding hydrogens is 364 g/mol. The quantitative estimate of drug-likeness (QED) is 0.419. The number of non-ortho nitro benzene ring substituents is 1. The van der Waals surface area contributed by atoms with Crippen LogP contribution in [0.4, 0.5) is 5.69 Å². The molecule has 0 saturated heterocycles. The number of aryl methyl sites for hydroxylation is 2. The molecule has 8 heteroatoms. The Kier molecular flexibility index (Phi) is 6.45. The lowest BCUT2D eigenvalue weighted by Gasteiger charge is -2.18. The van der Waals surface area contributed by atoms with E-state index in [0.717, 1.165) is 0 Å². The average molecular weight is 386 g/mol. The molecule has 0 amide bonds. The predicted molar refractivity (Wildman–Crippen MR) is 102 cm³/mol. The third-order valence-electron chi connectivity index (χ3n) is 3.93. The van der Waals surface area contributed by atoms with Gasteiger partial charge < -0.3 is 9.47 Å². The second-order valence-corrected chi connectivity index (χ2v) is 6.39. The van der Waals surface area contributed by atoms with Gasteiger partial charge >= 0.3 is 11.9 Å². The lowest BCUT2D eigenvalue weighted by Crippen LogP contribution is -2.19. The van der Waals surface area contributed by atoms with Gasteiger partial charge in [-0.1, -0.05) is 12.1 Å². The maximum absolute atomic E-state index is 12.8. The number of nitro benzene ring substituents is 1. The topological polar surface area (TPSA) is 109 Å². The molecule has 0 atom stereocenters. The first-order chi connectivity index (χ1) is 13.2. The highest BCUT2D eigenvalue weighted by Crippen LogP contribution is 2.34. The Hall–Kier alpha value is -3.29. The van der Waals surface area contributed by atoms with Gasteiger partial charge in [0.25, 0.3) is 5.69 Å². The van der Waals surface area contributed by atoms with E-state index in [9.17, 15) is 19.7 Å². The van der Waals surface area contributed by atoms with E-state index in [1.165, 1.54) is 18.2 Å². The first-order valence-corrected chi connectivity index (χ1v) is 8.81. The highest BCUT2D eigenvalue weighted by atomic mass is 16.6. The molecule has 0 unspecified atom stereocenters. The summed E-state index contributed by atoms with van der Waals surface area (Å²) in [4.78, 5) is 40.4. The molecule has 0 radical (unpaired) electrons. The standard InChI is InChI=1S/C20H22N2O6/c1-6-27-19(23)16-12(4)21-13(5)17(20(24)28-11(2)3)18(16)14-8-7-9-15(10-14)22(25)26/h7-11H,6H2,1-5H3. The number of benzene rings is 1. The van der Waals surface area contributed by atoms with Crippen LogP contribution in [0.1, 0.15) is 52.9 Å². The van der Waals surface area contributed by atoms with Gasteiger partial charge in [0.05, 0.1) is 40.1 Å². The zero-order chi connectivity index (χ0) is 21.0. The summed E-state index contributed by atoms with van der Waals surface area (Å²) in [5.41, 5.74) is 1.28. The highest BCUT2D eigenvalue weighted by molar-refractivity contribution is 6.07. The third kappa shape index (κ3) is 4.33. The van der Waals surface area contributed by atoms with Gasteiger partial charge in [0, 0.05) is 17.7 Å². The minimum Gasteiger partial charge on any atom is -0.462 e. The van der Waals surface area contributed by atoms with Crippen LogP contribution in [0.2, 0.25) is 0 Å². The van der Waals surface area contributed by atoms with E-state index in [4.69, 9.17) is 9.47 Å². The maximum atomic E-state index is 12.8. The minimum absolute atomic E-state index is 0.0860. The molecule has 0 N–H and O–H groups in total. The largest absolute Gasteiger partial charge is 0.462 e. The molecule has 1 aromatic heterocycles. The Balaban J connectivity index is 2.88. The molecule has 0 aliphatic rings. The molecule has 8 nitrogen and oxygen atoms in total. The van der Waals surface area contributed by atoms with Crippen LogP contribution in [0.5, 0.6) is 0 Å². The summed E-state index contributed by atoms with van der Waals surface area (Å²) in [7, 11) is 0. The van der Waals surface area contributed by atoms with Crippen LogP contribution in [0.25, 0.3) is 11.1 Å². The van der Waals surface area contributed by atoms with Gasteiger partial charge in [0.2, 0.25) is 0 Å². The molecule has 0 spiro atoms. The summed E-state index contributed by atoms with van der Waals surface area (Å²) in [6, 6.07) is 5.73. The van der Waals surface area contributed by atoms with Crippen LogP contribution in [0, 0.1) is 24.0 Å². The van der Waals surface area contributed by atoms with Gasteiger partial charge in [-0.05, 0) is 40.2 Å². The van der Waals surface area contributed by atoms with Crippen molar-refractivity contribution in [3.05, 3.63) is 56.9 Å². The monoisotopic (exact) mass is 386 g/mol. The van der Waals surface area contributed by atoms with Crippen LogP contribution in [-0.2, 0) is 9.47 Å². The van der Waals surface area contributed by atoms with Crippen molar-refractivity contribution in [1.29, 1.82) is 0 Å². The van der Waals surface area contributed by atoms with Gasteiger partial charge in [-0.3, -0.25) is 15.1 Å². The van der Waals surface area contributed by atoms with Crippen LogP contribution in [-0.4, -0.2) is 34.6 Å². The molecule has 0 bridgehead atoms. The van der Waals surface area contributed by atoms with Crippen molar-refractivity contribution in [2.24, 2.45) is 0 Å². The molecule has 28 heavy (non-hydrogen) atoms. The Morgan fingerprint density at radius 1 is 1.14 bits per heavy atom. The number of hydrogen-bond donors (Lipinski definition) is 0. The number of ether oxygens (including phenoxy) is 2. The summed E-state index contributed by atoms with van der Waals surface area (Å²) < 4.78 is 10.5. The first kappa shape index (κ1) is 21.0. The van der Waals surface area contributed by atoms with Crippen LogP contribution in [0.3, 0.4) is 0 Å². The molecule has 1 aromatic carbocycles. The number of nitrogens with zero attached hydrogens (tertiary/aromatic N) is 2. The smallest absolute Gasteiger partial charge is 0.340 e. The van der Waals surface area contributed by atoms with E-state index in [2.05, 4.69) is 4.98 Å². The Morgan fingerprint density at radius 3 is 2.29 bits per heavy atom. The fourth-order valence-corrected chi connectivity index (χ4v) is 2.89. The van der Waals surface area contributed by atoms with Crippen molar-refractivity contribution in [3.8, 4) is 11.1 Å². The van der Waals surface area contributed by atoms with Crippen molar-refractivity contribution in [2.75, 3.05) is 6.61 Å². The van der Waals surface area contributed by atoms with Crippen LogP contribution in [0.15, 0.2) is 24.3 Å². The summed E-state index contributed by atoms with van der Waals surface area (Å²) in [5, 5.41) is 11.2. The molecule has 0 saturated carbocycles. The van der Waals surface area contributed by atoms with Crippen molar-refractivity contribution in [2.45, 2.75) is 40.7 Å². The number of nitro groups is 1. The van der Waals surface area contributed by atoms with Gasteiger partial charge in [-0.2, -0.15) is 0 Å². The third-order valence-corrected chi connectivity index (χ3v) is 3.93.